The Balaban J connectivity index is 2.02. The molecule has 2 aliphatic rings. The van der Waals surface area contributed by atoms with Gasteiger partial charge in [0.2, 0.25) is 0 Å². The molecule has 122 valence electrons. The minimum absolute atomic E-state index is 0.0290. The zero-order valence-corrected chi connectivity index (χ0v) is 13.3. The van der Waals surface area contributed by atoms with Gasteiger partial charge < -0.3 is 19.5 Å². The van der Waals surface area contributed by atoms with E-state index in [1.807, 2.05) is 0 Å². The molecular weight excluding hydrogens is 296 g/mol. The Hall–Kier alpha value is -2.26. The number of rotatable bonds is 3. The van der Waals surface area contributed by atoms with Gasteiger partial charge in [0.1, 0.15) is 17.5 Å². The first-order valence-electron chi connectivity index (χ1n) is 7.77. The first kappa shape index (κ1) is 15.6. The molecule has 1 aliphatic heterocycles. The summed E-state index contributed by atoms with van der Waals surface area (Å²) < 4.78 is 10.6. The number of ether oxygens (including phenoxy) is 2. The number of aliphatic hydroxyl groups excluding tert-OH is 1. The van der Waals surface area contributed by atoms with Gasteiger partial charge in [0, 0.05) is 17.7 Å². The number of methoxy groups -OCH3 is 2. The first-order chi connectivity index (χ1) is 11.1. The summed E-state index contributed by atoms with van der Waals surface area (Å²) in [6.45, 7) is 0. The molecule has 6 heteroatoms. The quantitative estimate of drug-likeness (QED) is 0.922. The lowest BCUT2D eigenvalue weighted by atomic mass is 9.91. The van der Waals surface area contributed by atoms with E-state index in [-0.39, 0.29) is 18.1 Å². The second-order valence-electron chi connectivity index (χ2n) is 6.00. The Morgan fingerprint density at radius 1 is 1.22 bits per heavy atom. The van der Waals surface area contributed by atoms with Crippen LogP contribution in [-0.2, 0) is 0 Å². The number of benzene rings is 1. The van der Waals surface area contributed by atoms with E-state index < -0.39 is 6.04 Å². The second-order valence-corrected chi connectivity index (χ2v) is 6.00. The van der Waals surface area contributed by atoms with Crippen LogP contribution < -0.4 is 9.47 Å². The maximum Gasteiger partial charge on any atom is 0.256 e. The van der Waals surface area contributed by atoms with Crippen LogP contribution in [0.1, 0.15) is 47.6 Å². The molecule has 1 amide bonds. The summed E-state index contributed by atoms with van der Waals surface area (Å²) in [4.78, 5) is 14.5. The lowest BCUT2D eigenvalue weighted by Gasteiger charge is -2.34. The number of amides is 1. The van der Waals surface area contributed by atoms with Crippen LogP contribution in [0.25, 0.3) is 0 Å². The van der Waals surface area contributed by atoms with E-state index in [1.54, 1.807) is 17.0 Å². The fraction of sp³-hybridized carbons (Fsp3) is 0.529. The van der Waals surface area contributed by atoms with Crippen molar-refractivity contribution in [1.82, 2.24) is 4.90 Å². The molecule has 1 fully saturated rings. The average molecular weight is 316 g/mol. The molecule has 0 bridgehead atoms. The SMILES string of the molecule is COc1cc(OC)c2c(c1)C(=O)N(C1CCC(O)CC1)C2C#N. The Morgan fingerprint density at radius 3 is 2.48 bits per heavy atom. The van der Waals surface area contributed by atoms with Gasteiger partial charge in [-0.3, -0.25) is 4.79 Å². The number of fused-ring (bicyclic) bond motifs is 1. The van der Waals surface area contributed by atoms with Crippen molar-refractivity contribution in [2.24, 2.45) is 0 Å². The number of hydrogen-bond acceptors (Lipinski definition) is 5. The van der Waals surface area contributed by atoms with E-state index in [9.17, 15) is 15.2 Å². The van der Waals surface area contributed by atoms with Crippen molar-refractivity contribution in [1.29, 1.82) is 5.26 Å². The molecule has 1 aliphatic carbocycles. The molecule has 1 aromatic carbocycles. The Labute approximate surface area is 135 Å². The summed E-state index contributed by atoms with van der Waals surface area (Å²) in [5, 5.41) is 19.3. The molecule has 1 atom stereocenters. The number of hydrogen-bond donors (Lipinski definition) is 1. The van der Waals surface area contributed by atoms with Crippen LogP contribution in [0.15, 0.2) is 12.1 Å². The number of aliphatic hydroxyl groups is 1. The number of carbonyl (C=O) groups is 1. The third kappa shape index (κ3) is 2.51. The minimum atomic E-state index is -0.654. The first-order valence-corrected chi connectivity index (χ1v) is 7.77. The highest BCUT2D eigenvalue weighted by Gasteiger charge is 2.44. The van der Waals surface area contributed by atoms with Crippen LogP contribution in [0, 0.1) is 11.3 Å². The Morgan fingerprint density at radius 2 is 1.91 bits per heavy atom. The normalized spacial score (nSPS) is 26.6. The molecule has 0 spiro atoms. The van der Waals surface area contributed by atoms with Crippen LogP contribution in [0.4, 0.5) is 0 Å². The largest absolute Gasteiger partial charge is 0.497 e. The summed E-state index contributed by atoms with van der Waals surface area (Å²) in [5.41, 5.74) is 1.09. The molecule has 6 nitrogen and oxygen atoms in total. The van der Waals surface area contributed by atoms with Crippen molar-refractivity contribution in [2.75, 3.05) is 14.2 Å². The van der Waals surface area contributed by atoms with Crippen molar-refractivity contribution >= 4 is 5.91 Å². The number of nitrogens with zero attached hydrogens (tertiary/aromatic N) is 2. The molecule has 23 heavy (non-hydrogen) atoms. The summed E-state index contributed by atoms with van der Waals surface area (Å²) in [5.74, 6) is 0.870. The van der Waals surface area contributed by atoms with Gasteiger partial charge in [0.25, 0.3) is 5.91 Å². The molecule has 3 rings (SSSR count). The van der Waals surface area contributed by atoms with E-state index >= 15 is 0 Å². The van der Waals surface area contributed by atoms with Crippen LogP contribution in [0.3, 0.4) is 0 Å². The molecule has 1 heterocycles. The van der Waals surface area contributed by atoms with Crippen LogP contribution in [0.5, 0.6) is 11.5 Å². The highest BCUT2D eigenvalue weighted by atomic mass is 16.5. The second kappa shape index (κ2) is 6.09. The molecule has 1 N–H and O–H groups in total. The van der Waals surface area contributed by atoms with E-state index in [0.29, 0.717) is 48.3 Å². The van der Waals surface area contributed by atoms with Crippen molar-refractivity contribution in [3.63, 3.8) is 0 Å². The smallest absolute Gasteiger partial charge is 0.256 e. The topological polar surface area (TPSA) is 82.8 Å². The van der Waals surface area contributed by atoms with Gasteiger partial charge in [-0.25, -0.2) is 0 Å². The maximum absolute atomic E-state index is 12.9. The fourth-order valence-corrected chi connectivity index (χ4v) is 3.58. The van der Waals surface area contributed by atoms with E-state index in [4.69, 9.17) is 9.47 Å². The minimum Gasteiger partial charge on any atom is -0.497 e. The predicted molar refractivity (Wildman–Crippen MR) is 82.3 cm³/mol. The molecule has 0 aromatic heterocycles. The summed E-state index contributed by atoms with van der Waals surface area (Å²) in [6, 6.07) is 4.93. The van der Waals surface area contributed by atoms with Crippen molar-refractivity contribution in [2.45, 2.75) is 43.9 Å². The molecule has 1 unspecified atom stereocenters. The molecule has 0 saturated heterocycles. The van der Waals surface area contributed by atoms with Crippen molar-refractivity contribution < 1.29 is 19.4 Å². The van der Waals surface area contributed by atoms with E-state index in [1.165, 1.54) is 14.2 Å². The number of nitriles is 1. The standard InChI is InChI=1S/C17H20N2O4/c1-22-12-7-13-16(15(8-12)23-2)14(9-18)19(17(13)21)10-3-5-11(20)6-4-10/h7-8,10-11,14,20H,3-6H2,1-2H3. The third-order valence-corrected chi connectivity index (χ3v) is 4.77. The van der Waals surface area contributed by atoms with Crippen LogP contribution >= 0.6 is 0 Å². The van der Waals surface area contributed by atoms with Gasteiger partial charge in [0.05, 0.1) is 32.0 Å². The van der Waals surface area contributed by atoms with Crippen LogP contribution in [-0.4, -0.2) is 42.3 Å². The predicted octanol–water partition coefficient (Wildman–Crippen LogP) is 2.03. The molecular formula is C17H20N2O4. The Bertz CT molecular complexity index is 659. The number of carbonyl (C=O) groups excluding carboxylic acids is 1. The van der Waals surface area contributed by atoms with Gasteiger partial charge in [-0.15, -0.1) is 0 Å². The van der Waals surface area contributed by atoms with E-state index in [2.05, 4.69) is 6.07 Å². The monoisotopic (exact) mass is 316 g/mol. The highest BCUT2D eigenvalue weighted by molar-refractivity contribution is 6.01. The van der Waals surface area contributed by atoms with Gasteiger partial charge in [-0.1, -0.05) is 0 Å². The van der Waals surface area contributed by atoms with E-state index in [0.717, 1.165) is 0 Å². The van der Waals surface area contributed by atoms with Gasteiger partial charge in [-0.05, 0) is 31.7 Å². The summed E-state index contributed by atoms with van der Waals surface area (Å²) in [7, 11) is 3.05. The van der Waals surface area contributed by atoms with Crippen LogP contribution in [0.2, 0.25) is 0 Å². The zero-order chi connectivity index (χ0) is 16.6. The lowest BCUT2D eigenvalue weighted by molar-refractivity contribution is 0.0478. The Kier molecular flexibility index (Phi) is 4.14. The van der Waals surface area contributed by atoms with Gasteiger partial charge in [0.15, 0.2) is 0 Å². The van der Waals surface area contributed by atoms with Gasteiger partial charge in [-0.2, -0.15) is 5.26 Å². The van der Waals surface area contributed by atoms with Crippen molar-refractivity contribution in [3.8, 4) is 17.6 Å². The van der Waals surface area contributed by atoms with Crippen molar-refractivity contribution in [3.05, 3.63) is 23.3 Å². The highest BCUT2D eigenvalue weighted by Crippen LogP contribution is 2.44. The molecule has 1 aromatic rings. The molecule has 0 radical (unpaired) electrons. The fourth-order valence-electron chi connectivity index (χ4n) is 3.58. The lowest BCUT2D eigenvalue weighted by Crippen LogP contribution is -2.41. The summed E-state index contributed by atoms with van der Waals surface area (Å²) in [6.07, 6.45) is 2.42. The maximum atomic E-state index is 12.9. The third-order valence-electron chi connectivity index (χ3n) is 4.77. The zero-order valence-electron chi connectivity index (χ0n) is 13.3. The average Bonchev–Trinajstić information content (AvgIpc) is 2.87. The van der Waals surface area contributed by atoms with Gasteiger partial charge >= 0.3 is 0 Å². The molecule has 1 saturated carbocycles. The summed E-state index contributed by atoms with van der Waals surface area (Å²) >= 11 is 0.